The third kappa shape index (κ3) is 4.21. The molecule has 0 spiro atoms. The molecule has 2 saturated heterocycles. The van der Waals surface area contributed by atoms with E-state index < -0.39 is 0 Å². The molecule has 0 bridgehead atoms. The zero-order valence-electron chi connectivity index (χ0n) is 17.2. The van der Waals surface area contributed by atoms with Gasteiger partial charge < -0.3 is 14.5 Å². The van der Waals surface area contributed by atoms with Crippen LogP contribution in [0.25, 0.3) is 10.9 Å². The molecule has 1 aromatic heterocycles. The van der Waals surface area contributed by atoms with Crippen molar-refractivity contribution in [3.05, 3.63) is 23.9 Å². The van der Waals surface area contributed by atoms with Gasteiger partial charge in [-0.3, -0.25) is 10.9 Å². The third-order valence-corrected chi connectivity index (χ3v) is 5.96. The smallest absolute Gasteiger partial charge is 0.226 e. The van der Waals surface area contributed by atoms with Crippen molar-refractivity contribution in [3.63, 3.8) is 0 Å². The van der Waals surface area contributed by atoms with Gasteiger partial charge in [0, 0.05) is 43.6 Å². The molecule has 4 rings (SSSR count). The molecule has 2 aliphatic rings. The Morgan fingerprint density at radius 2 is 2.04 bits per heavy atom. The number of anilines is 1. The highest BCUT2D eigenvalue weighted by Gasteiger charge is 2.26. The van der Waals surface area contributed by atoms with Crippen molar-refractivity contribution in [2.75, 3.05) is 44.7 Å². The molecule has 7 nitrogen and oxygen atoms in total. The normalized spacial score (nSPS) is 21.0. The van der Waals surface area contributed by atoms with E-state index in [2.05, 4.69) is 34.6 Å². The Hall–Kier alpha value is -1.96. The topological polar surface area (TPSA) is 65.6 Å². The number of hydrogen-bond acceptors (Lipinski definition) is 7. The first-order valence-electron chi connectivity index (χ1n) is 10.5. The fourth-order valence-corrected chi connectivity index (χ4v) is 4.32. The molecule has 0 radical (unpaired) electrons. The van der Waals surface area contributed by atoms with Crippen LogP contribution in [0.4, 0.5) is 5.95 Å². The zero-order valence-corrected chi connectivity index (χ0v) is 17.2. The van der Waals surface area contributed by atoms with Crippen LogP contribution in [0.1, 0.15) is 31.9 Å². The molecule has 28 heavy (non-hydrogen) atoms. The van der Waals surface area contributed by atoms with E-state index in [-0.39, 0.29) is 0 Å². The maximum Gasteiger partial charge on any atom is 0.226 e. The van der Waals surface area contributed by atoms with Crippen LogP contribution in [-0.4, -0.2) is 66.8 Å². The van der Waals surface area contributed by atoms with Crippen molar-refractivity contribution < 1.29 is 4.74 Å². The highest BCUT2D eigenvalue weighted by atomic mass is 16.5. The number of nitrogens with one attached hydrogen (secondary N) is 2. The summed E-state index contributed by atoms with van der Waals surface area (Å²) in [7, 11) is 2.26. The summed E-state index contributed by atoms with van der Waals surface area (Å²) in [5.74, 6) is 1.74. The second-order valence-electron chi connectivity index (χ2n) is 7.94. The number of hydrazine groups is 1. The minimum Gasteiger partial charge on any atom is -0.494 e. The fraction of sp³-hybridized carbons (Fsp3) is 0.619. The number of likely N-dealkylation sites (N-methyl/N-ethyl adjacent to an activating group) is 1. The highest BCUT2D eigenvalue weighted by molar-refractivity contribution is 5.83. The van der Waals surface area contributed by atoms with Crippen LogP contribution in [0.2, 0.25) is 0 Å². The molecule has 152 valence electrons. The number of piperidine rings is 1. The molecule has 0 aliphatic carbocycles. The number of ether oxygens (including phenoxy) is 1. The predicted octanol–water partition coefficient (Wildman–Crippen LogP) is 2.10. The summed E-state index contributed by atoms with van der Waals surface area (Å²) < 4.78 is 5.62. The Morgan fingerprint density at radius 3 is 2.75 bits per heavy atom. The quantitative estimate of drug-likeness (QED) is 0.791. The standard InChI is InChI=1S/C21H32N6O/c1-4-28-18-5-6-20-19(13-18)15(2)23-21(24-20)27-11-8-17(9-12-27)26(3)14-16-7-10-22-25-16/h5-6,13,16-17,22,25H,4,7-12,14H2,1-3H3. The van der Waals surface area contributed by atoms with Gasteiger partial charge in [-0.25, -0.2) is 9.97 Å². The van der Waals surface area contributed by atoms with Crippen molar-refractivity contribution in [2.24, 2.45) is 0 Å². The Balaban J connectivity index is 1.41. The lowest BCUT2D eigenvalue weighted by molar-refractivity contribution is 0.190. The van der Waals surface area contributed by atoms with Gasteiger partial charge in [-0.05, 0) is 58.4 Å². The van der Waals surface area contributed by atoms with Crippen molar-refractivity contribution in [3.8, 4) is 5.75 Å². The second-order valence-corrected chi connectivity index (χ2v) is 7.94. The van der Waals surface area contributed by atoms with Gasteiger partial charge in [-0.15, -0.1) is 0 Å². The fourth-order valence-electron chi connectivity index (χ4n) is 4.32. The molecule has 2 aromatic rings. The number of nitrogens with zero attached hydrogens (tertiary/aromatic N) is 4. The molecule has 7 heteroatoms. The van der Waals surface area contributed by atoms with Gasteiger partial charge in [0.2, 0.25) is 5.95 Å². The number of benzene rings is 1. The molecular formula is C21H32N6O. The molecular weight excluding hydrogens is 352 g/mol. The predicted molar refractivity (Wildman–Crippen MR) is 113 cm³/mol. The van der Waals surface area contributed by atoms with E-state index in [0.717, 1.165) is 67.3 Å². The molecule has 1 unspecified atom stereocenters. The average molecular weight is 385 g/mol. The van der Waals surface area contributed by atoms with Gasteiger partial charge in [0.15, 0.2) is 0 Å². The number of fused-ring (bicyclic) bond motifs is 1. The lowest BCUT2D eigenvalue weighted by Crippen LogP contribution is -2.48. The van der Waals surface area contributed by atoms with Crippen molar-refractivity contribution >= 4 is 16.9 Å². The van der Waals surface area contributed by atoms with Crippen LogP contribution >= 0.6 is 0 Å². The van der Waals surface area contributed by atoms with Crippen molar-refractivity contribution in [1.82, 2.24) is 25.7 Å². The van der Waals surface area contributed by atoms with Gasteiger partial charge in [0.05, 0.1) is 17.8 Å². The molecule has 0 saturated carbocycles. The number of aryl methyl sites for hydroxylation is 1. The van der Waals surface area contributed by atoms with Crippen molar-refractivity contribution in [1.29, 1.82) is 0 Å². The number of aromatic nitrogens is 2. The summed E-state index contributed by atoms with van der Waals surface area (Å²) in [6.45, 7) is 8.92. The molecule has 1 atom stereocenters. The molecule has 2 fully saturated rings. The van der Waals surface area contributed by atoms with Gasteiger partial charge in [0.25, 0.3) is 0 Å². The summed E-state index contributed by atoms with van der Waals surface area (Å²) in [6, 6.07) is 7.28. The summed E-state index contributed by atoms with van der Waals surface area (Å²) in [6.07, 6.45) is 3.51. The Labute approximate surface area is 167 Å². The number of hydrogen-bond donors (Lipinski definition) is 2. The van der Waals surface area contributed by atoms with Crippen LogP contribution in [0.15, 0.2) is 18.2 Å². The van der Waals surface area contributed by atoms with Gasteiger partial charge >= 0.3 is 0 Å². The van der Waals surface area contributed by atoms with Gasteiger partial charge in [-0.1, -0.05) is 0 Å². The molecule has 2 N–H and O–H groups in total. The summed E-state index contributed by atoms with van der Waals surface area (Å²) in [4.78, 5) is 14.5. The van der Waals surface area contributed by atoms with Crippen LogP contribution in [-0.2, 0) is 0 Å². The van der Waals surface area contributed by atoms with Crippen LogP contribution in [0, 0.1) is 6.92 Å². The van der Waals surface area contributed by atoms with Crippen LogP contribution in [0.3, 0.4) is 0 Å². The van der Waals surface area contributed by atoms with Gasteiger partial charge in [-0.2, -0.15) is 0 Å². The first-order chi connectivity index (χ1) is 13.6. The highest BCUT2D eigenvalue weighted by Crippen LogP contribution is 2.26. The van der Waals surface area contributed by atoms with Gasteiger partial charge in [0.1, 0.15) is 5.75 Å². The van der Waals surface area contributed by atoms with E-state index >= 15 is 0 Å². The van der Waals surface area contributed by atoms with E-state index in [1.54, 1.807) is 0 Å². The Morgan fingerprint density at radius 1 is 1.21 bits per heavy atom. The van der Waals surface area contributed by atoms with Crippen molar-refractivity contribution in [2.45, 2.75) is 45.2 Å². The van der Waals surface area contributed by atoms with Crippen LogP contribution < -0.4 is 20.5 Å². The van der Waals surface area contributed by atoms with E-state index in [1.807, 2.05) is 25.1 Å². The van der Waals surface area contributed by atoms with E-state index in [9.17, 15) is 0 Å². The lowest BCUT2D eigenvalue weighted by Gasteiger charge is -2.37. The maximum absolute atomic E-state index is 5.62. The molecule has 2 aliphatic heterocycles. The number of rotatable bonds is 6. The Kier molecular flexibility index (Phi) is 5.94. The van der Waals surface area contributed by atoms with E-state index in [1.165, 1.54) is 6.42 Å². The molecule has 3 heterocycles. The maximum atomic E-state index is 5.62. The lowest BCUT2D eigenvalue weighted by atomic mass is 10.0. The monoisotopic (exact) mass is 384 g/mol. The zero-order chi connectivity index (χ0) is 19.5. The van der Waals surface area contributed by atoms with Crippen LogP contribution in [0.5, 0.6) is 5.75 Å². The van der Waals surface area contributed by atoms with E-state index in [0.29, 0.717) is 18.7 Å². The second kappa shape index (κ2) is 8.59. The molecule has 0 amide bonds. The molecule has 1 aromatic carbocycles. The first kappa shape index (κ1) is 19.4. The SMILES string of the molecule is CCOc1ccc2nc(N3CCC(N(C)CC4CCNN4)CC3)nc(C)c2c1. The minimum absolute atomic E-state index is 0.566. The largest absolute Gasteiger partial charge is 0.494 e. The summed E-state index contributed by atoms with van der Waals surface area (Å²) >= 11 is 0. The Bertz CT molecular complexity index is 799. The average Bonchev–Trinajstić information content (AvgIpc) is 3.22. The third-order valence-electron chi connectivity index (χ3n) is 5.96. The summed E-state index contributed by atoms with van der Waals surface area (Å²) in [5.41, 5.74) is 8.60. The summed E-state index contributed by atoms with van der Waals surface area (Å²) in [5, 5.41) is 1.07. The van der Waals surface area contributed by atoms with E-state index in [4.69, 9.17) is 14.7 Å². The minimum atomic E-state index is 0.566. The first-order valence-corrected chi connectivity index (χ1v) is 10.5.